The van der Waals surface area contributed by atoms with E-state index in [0.29, 0.717) is 23.1 Å². The number of para-hydroxylation sites is 3. The van der Waals surface area contributed by atoms with Crippen molar-refractivity contribution in [2.75, 3.05) is 23.8 Å². The van der Waals surface area contributed by atoms with E-state index in [1.54, 1.807) is 6.07 Å². The first-order chi connectivity index (χ1) is 10.7. The molecule has 0 spiro atoms. The lowest BCUT2D eigenvalue weighted by molar-refractivity contribution is -0.114. The van der Waals surface area contributed by atoms with Crippen molar-refractivity contribution in [3.63, 3.8) is 0 Å². The van der Waals surface area contributed by atoms with Gasteiger partial charge in [0.25, 0.3) is 0 Å². The van der Waals surface area contributed by atoms with E-state index in [-0.39, 0.29) is 12.5 Å². The average molecular weight is 319 g/mol. The number of carbonyl (C=O) groups excluding carboxylic acids is 1. The van der Waals surface area contributed by atoms with Gasteiger partial charge in [0, 0.05) is 0 Å². The van der Waals surface area contributed by atoms with E-state index in [9.17, 15) is 4.79 Å². The van der Waals surface area contributed by atoms with Gasteiger partial charge in [-0.2, -0.15) is 0 Å². The average Bonchev–Trinajstić information content (AvgIpc) is 2.53. The van der Waals surface area contributed by atoms with Crippen molar-refractivity contribution in [2.24, 2.45) is 0 Å². The molecule has 5 heteroatoms. The van der Waals surface area contributed by atoms with Crippen molar-refractivity contribution < 1.29 is 9.53 Å². The van der Waals surface area contributed by atoms with Gasteiger partial charge in [0.15, 0.2) is 0 Å². The van der Waals surface area contributed by atoms with Crippen LogP contribution in [0.15, 0.2) is 48.5 Å². The second-order valence-electron chi connectivity index (χ2n) is 4.73. The first-order valence-corrected chi connectivity index (χ1v) is 7.58. The number of rotatable bonds is 7. The molecule has 0 aliphatic carbocycles. The van der Waals surface area contributed by atoms with Crippen LogP contribution in [-0.4, -0.2) is 19.1 Å². The molecule has 2 rings (SSSR count). The standard InChI is InChI=1S/C17H19ClN2O2/c1-2-11-22-16-10-6-5-9-15(16)20-17(21)12-19-14-8-4-3-7-13(14)18/h3-10,19H,2,11-12H2,1H3,(H,20,21). The van der Waals surface area contributed by atoms with E-state index in [2.05, 4.69) is 10.6 Å². The fourth-order valence-corrected chi connectivity index (χ4v) is 2.08. The Labute approximate surface area is 135 Å². The van der Waals surface area contributed by atoms with Gasteiger partial charge in [0.1, 0.15) is 5.75 Å². The second kappa shape index (κ2) is 8.29. The van der Waals surface area contributed by atoms with Gasteiger partial charge in [-0.1, -0.05) is 42.8 Å². The number of benzene rings is 2. The zero-order chi connectivity index (χ0) is 15.8. The molecular weight excluding hydrogens is 300 g/mol. The smallest absolute Gasteiger partial charge is 0.243 e. The highest BCUT2D eigenvalue weighted by molar-refractivity contribution is 6.33. The molecule has 22 heavy (non-hydrogen) atoms. The maximum absolute atomic E-state index is 12.1. The minimum absolute atomic E-state index is 0.131. The van der Waals surface area contributed by atoms with Crippen LogP contribution in [0, 0.1) is 0 Å². The summed E-state index contributed by atoms with van der Waals surface area (Å²) in [6, 6.07) is 14.7. The number of anilines is 2. The number of halogens is 1. The summed E-state index contributed by atoms with van der Waals surface area (Å²) in [6.45, 7) is 2.78. The Hall–Kier alpha value is -2.20. The Kier molecular flexibility index (Phi) is 6.10. The maximum atomic E-state index is 12.1. The molecule has 0 aromatic heterocycles. The van der Waals surface area contributed by atoms with E-state index in [1.165, 1.54) is 0 Å². The van der Waals surface area contributed by atoms with Gasteiger partial charge in [-0.25, -0.2) is 0 Å². The molecule has 2 aromatic carbocycles. The highest BCUT2D eigenvalue weighted by Crippen LogP contribution is 2.24. The summed E-state index contributed by atoms with van der Waals surface area (Å²) in [4.78, 5) is 12.1. The number of ether oxygens (including phenoxy) is 1. The zero-order valence-electron chi connectivity index (χ0n) is 12.4. The third kappa shape index (κ3) is 4.67. The first-order valence-electron chi connectivity index (χ1n) is 7.20. The van der Waals surface area contributed by atoms with E-state index < -0.39 is 0 Å². The van der Waals surface area contributed by atoms with Gasteiger partial charge in [-0.3, -0.25) is 4.79 Å². The molecule has 2 aromatic rings. The van der Waals surface area contributed by atoms with Crippen LogP contribution in [0.4, 0.5) is 11.4 Å². The van der Waals surface area contributed by atoms with Crippen molar-refractivity contribution in [1.29, 1.82) is 0 Å². The number of hydrogen-bond acceptors (Lipinski definition) is 3. The van der Waals surface area contributed by atoms with E-state index in [4.69, 9.17) is 16.3 Å². The molecule has 0 unspecified atom stereocenters. The minimum atomic E-state index is -0.160. The van der Waals surface area contributed by atoms with Gasteiger partial charge in [-0.05, 0) is 30.7 Å². The SMILES string of the molecule is CCCOc1ccccc1NC(=O)CNc1ccccc1Cl. The summed E-state index contributed by atoms with van der Waals surface area (Å²) in [5.41, 5.74) is 1.40. The lowest BCUT2D eigenvalue weighted by atomic mass is 10.3. The van der Waals surface area contributed by atoms with Crippen molar-refractivity contribution in [1.82, 2.24) is 0 Å². The van der Waals surface area contributed by atoms with Gasteiger partial charge >= 0.3 is 0 Å². The van der Waals surface area contributed by atoms with Crippen LogP contribution in [0.3, 0.4) is 0 Å². The third-order valence-electron chi connectivity index (χ3n) is 2.94. The number of hydrogen-bond donors (Lipinski definition) is 2. The molecule has 116 valence electrons. The Morgan fingerprint density at radius 2 is 1.77 bits per heavy atom. The second-order valence-corrected chi connectivity index (χ2v) is 5.13. The molecule has 4 nitrogen and oxygen atoms in total. The highest BCUT2D eigenvalue weighted by atomic mass is 35.5. The normalized spacial score (nSPS) is 10.1. The van der Waals surface area contributed by atoms with Crippen molar-refractivity contribution in [3.8, 4) is 5.75 Å². The maximum Gasteiger partial charge on any atom is 0.243 e. The number of amides is 1. The van der Waals surface area contributed by atoms with E-state index >= 15 is 0 Å². The summed E-state index contributed by atoms with van der Waals surface area (Å²) in [5, 5.41) is 6.44. The van der Waals surface area contributed by atoms with E-state index in [1.807, 2.05) is 49.4 Å². The van der Waals surface area contributed by atoms with Crippen LogP contribution in [0.2, 0.25) is 5.02 Å². The predicted molar refractivity (Wildman–Crippen MR) is 90.8 cm³/mol. The van der Waals surface area contributed by atoms with Crippen LogP contribution in [0.5, 0.6) is 5.75 Å². The van der Waals surface area contributed by atoms with Crippen LogP contribution in [0.1, 0.15) is 13.3 Å². The molecule has 0 bridgehead atoms. The molecule has 0 saturated heterocycles. The molecule has 0 saturated carbocycles. The Morgan fingerprint density at radius 3 is 2.50 bits per heavy atom. The topological polar surface area (TPSA) is 50.4 Å². The molecule has 0 aliphatic rings. The monoisotopic (exact) mass is 318 g/mol. The van der Waals surface area contributed by atoms with Crippen LogP contribution in [-0.2, 0) is 4.79 Å². The van der Waals surface area contributed by atoms with Crippen LogP contribution in [0.25, 0.3) is 0 Å². The molecule has 2 N–H and O–H groups in total. The summed E-state index contributed by atoms with van der Waals surface area (Å²) < 4.78 is 5.61. The fourth-order valence-electron chi connectivity index (χ4n) is 1.88. The molecule has 0 fully saturated rings. The Morgan fingerprint density at radius 1 is 1.09 bits per heavy atom. The van der Waals surface area contributed by atoms with E-state index in [0.717, 1.165) is 12.1 Å². The summed E-state index contributed by atoms with van der Waals surface area (Å²) in [7, 11) is 0. The highest BCUT2D eigenvalue weighted by Gasteiger charge is 2.08. The fraction of sp³-hybridized carbons (Fsp3) is 0.235. The summed E-state index contributed by atoms with van der Waals surface area (Å²) in [5.74, 6) is 0.517. The molecule has 0 heterocycles. The zero-order valence-corrected chi connectivity index (χ0v) is 13.2. The summed E-state index contributed by atoms with van der Waals surface area (Å²) in [6.07, 6.45) is 0.913. The lowest BCUT2D eigenvalue weighted by Gasteiger charge is -2.13. The Bertz CT molecular complexity index is 632. The van der Waals surface area contributed by atoms with Crippen LogP contribution >= 0.6 is 11.6 Å². The molecule has 1 amide bonds. The molecule has 0 atom stereocenters. The van der Waals surface area contributed by atoms with Gasteiger partial charge in [-0.15, -0.1) is 0 Å². The summed E-state index contributed by atoms with van der Waals surface area (Å²) >= 11 is 6.04. The quantitative estimate of drug-likeness (QED) is 0.805. The van der Waals surface area contributed by atoms with Crippen LogP contribution < -0.4 is 15.4 Å². The van der Waals surface area contributed by atoms with Crippen molar-refractivity contribution in [2.45, 2.75) is 13.3 Å². The first kappa shape index (κ1) is 16.2. The Balaban J connectivity index is 1.93. The largest absolute Gasteiger partial charge is 0.491 e. The lowest BCUT2D eigenvalue weighted by Crippen LogP contribution is -2.22. The van der Waals surface area contributed by atoms with Gasteiger partial charge in [0.05, 0.1) is 29.5 Å². The molecular formula is C17H19ClN2O2. The molecule has 0 aliphatic heterocycles. The van der Waals surface area contributed by atoms with Gasteiger partial charge < -0.3 is 15.4 Å². The predicted octanol–water partition coefficient (Wildman–Crippen LogP) is 4.18. The minimum Gasteiger partial charge on any atom is -0.491 e. The van der Waals surface area contributed by atoms with Crippen molar-refractivity contribution in [3.05, 3.63) is 53.6 Å². The number of nitrogens with one attached hydrogen (secondary N) is 2. The van der Waals surface area contributed by atoms with Crippen molar-refractivity contribution >= 4 is 28.9 Å². The number of carbonyl (C=O) groups is 1. The molecule has 0 radical (unpaired) electrons. The van der Waals surface area contributed by atoms with Gasteiger partial charge in [0.2, 0.25) is 5.91 Å². The third-order valence-corrected chi connectivity index (χ3v) is 3.27.